The van der Waals surface area contributed by atoms with Crippen LogP contribution in [-0.4, -0.2) is 58.9 Å². The smallest absolute Gasteiger partial charge is 0.178 e. The molecule has 26 heavy (non-hydrogen) atoms. The Labute approximate surface area is 156 Å². The van der Waals surface area contributed by atoms with Gasteiger partial charge in [-0.3, -0.25) is 4.90 Å². The molecule has 6 heteroatoms. The van der Waals surface area contributed by atoms with E-state index in [2.05, 4.69) is 21.9 Å². The van der Waals surface area contributed by atoms with Crippen LogP contribution in [0.4, 0.5) is 5.69 Å². The number of piperazine rings is 1. The highest BCUT2D eigenvalue weighted by atomic mass is 32.2. The van der Waals surface area contributed by atoms with Crippen LogP contribution in [0.15, 0.2) is 59.5 Å². The highest BCUT2D eigenvalue weighted by Crippen LogP contribution is 2.20. The molecule has 0 aromatic heterocycles. The fraction of sp³-hybridized carbons (Fsp3) is 0.400. The standard InChI is InChI=1S/C20H26N2O3S/c1-25-19-10-8-18(9-11-19)22-15-13-21(14-16-22)12-5-17-26(23,24)20-6-3-2-4-7-20/h2-4,6-11H,5,12-17H2,1H3. The predicted octanol–water partition coefficient (Wildman–Crippen LogP) is 2.68. The Kier molecular flexibility index (Phi) is 6.16. The van der Waals surface area contributed by atoms with Crippen molar-refractivity contribution in [3.05, 3.63) is 54.6 Å². The predicted molar refractivity (Wildman–Crippen MR) is 105 cm³/mol. The Morgan fingerprint density at radius 2 is 1.58 bits per heavy atom. The van der Waals surface area contributed by atoms with Gasteiger partial charge >= 0.3 is 0 Å². The van der Waals surface area contributed by atoms with Crippen molar-refractivity contribution in [3.63, 3.8) is 0 Å². The van der Waals surface area contributed by atoms with Gasteiger partial charge in [-0.2, -0.15) is 0 Å². The molecule has 3 rings (SSSR count). The van der Waals surface area contributed by atoms with E-state index in [9.17, 15) is 8.42 Å². The van der Waals surface area contributed by atoms with E-state index in [1.165, 1.54) is 5.69 Å². The Balaban J connectivity index is 1.44. The zero-order chi connectivity index (χ0) is 18.4. The number of hydrogen-bond donors (Lipinski definition) is 0. The van der Waals surface area contributed by atoms with Gasteiger partial charge in [0.1, 0.15) is 5.75 Å². The van der Waals surface area contributed by atoms with Gasteiger partial charge in [0, 0.05) is 31.9 Å². The molecule has 5 nitrogen and oxygen atoms in total. The van der Waals surface area contributed by atoms with Gasteiger partial charge in [-0.25, -0.2) is 8.42 Å². The Bertz CT molecular complexity index is 784. The lowest BCUT2D eigenvalue weighted by molar-refractivity contribution is 0.259. The van der Waals surface area contributed by atoms with Crippen molar-refractivity contribution in [3.8, 4) is 5.75 Å². The maximum Gasteiger partial charge on any atom is 0.178 e. The first-order valence-corrected chi connectivity index (χ1v) is 10.6. The van der Waals surface area contributed by atoms with Crippen LogP contribution in [0, 0.1) is 0 Å². The van der Waals surface area contributed by atoms with Crippen LogP contribution in [0.2, 0.25) is 0 Å². The van der Waals surface area contributed by atoms with Crippen LogP contribution in [0.3, 0.4) is 0 Å². The molecule has 0 N–H and O–H groups in total. The zero-order valence-electron chi connectivity index (χ0n) is 15.2. The minimum atomic E-state index is -3.17. The van der Waals surface area contributed by atoms with Crippen molar-refractivity contribution >= 4 is 15.5 Å². The highest BCUT2D eigenvalue weighted by Gasteiger charge is 2.19. The van der Waals surface area contributed by atoms with Gasteiger partial charge in [-0.1, -0.05) is 18.2 Å². The third-order valence-electron chi connectivity index (χ3n) is 4.80. The van der Waals surface area contributed by atoms with Gasteiger partial charge < -0.3 is 9.64 Å². The average Bonchev–Trinajstić information content (AvgIpc) is 2.69. The van der Waals surface area contributed by atoms with Crippen LogP contribution in [0.5, 0.6) is 5.75 Å². The summed E-state index contributed by atoms with van der Waals surface area (Å²) < 4.78 is 29.9. The molecule has 0 aliphatic carbocycles. The van der Waals surface area contributed by atoms with E-state index in [-0.39, 0.29) is 5.75 Å². The van der Waals surface area contributed by atoms with E-state index < -0.39 is 9.84 Å². The second kappa shape index (κ2) is 8.56. The summed E-state index contributed by atoms with van der Waals surface area (Å²) in [4.78, 5) is 5.13. The fourth-order valence-corrected chi connectivity index (χ4v) is 4.56. The van der Waals surface area contributed by atoms with E-state index >= 15 is 0 Å². The molecule has 0 bridgehead atoms. The minimum Gasteiger partial charge on any atom is -0.497 e. The lowest BCUT2D eigenvalue weighted by Gasteiger charge is -2.36. The van der Waals surface area contributed by atoms with E-state index in [0.717, 1.165) is 38.5 Å². The van der Waals surface area contributed by atoms with Crippen molar-refractivity contribution in [1.29, 1.82) is 0 Å². The van der Waals surface area contributed by atoms with Crippen LogP contribution >= 0.6 is 0 Å². The van der Waals surface area contributed by atoms with Gasteiger partial charge in [-0.15, -0.1) is 0 Å². The Hall–Kier alpha value is -2.05. The van der Waals surface area contributed by atoms with Gasteiger partial charge in [0.2, 0.25) is 0 Å². The number of sulfone groups is 1. The van der Waals surface area contributed by atoms with Crippen LogP contribution in [-0.2, 0) is 9.84 Å². The average molecular weight is 375 g/mol. The maximum atomic E-state index is 12.3. The number of anilines is 1. The second-order valence-corrected chi connectivity index (χ2v) is 8.62. The summed E-state index contributed by atoms with van der Waals surface area (Å²) in [6.45, 7) is 4.65. The summed E-state index contributed by atoms with van der Waals surface area (Å²) in [6.07, 6.45) is 0.666. The molecular weight excluding hydrogens is 348 g/mol. The molecule has 140 valence electrons. The van der Waals surface area contributed by atoms with Gasteiger partial charge in [-0.05, 0) is 49.4 Å². The first-order chi connectivity index (χ1) is 12.6. The molecule has 2 aromatic carbocycles. The van der Waals surface area contributed by atoms with Crippen molar-refractivity contribution in [2.75, 3.05) is 50.5 Å². The van der Waals surface area contributed by atoms with Crippen LogP contribution < -0.4 is 9.64 Å². The molecule has 1 saturated heterocycles. The largest absolute Gasteiger partial charge is 0.497 e. The number of hydrogen-bond acceptors (Lipinski definition) is 5. The lowest BCUT2D eigenvalue weighted by Crippen LogP contribution is -2.46. The number of ether oxygens (including phenoxy) is 1. The van der Waals surface area contributed by atoms with Gasteiger partial charge in [0.05, 0.1) is 17.8 Å². The molecule has 1 fully saturated rings. The van der Waals surface area contributed by atoms with Crippen LogP contribution in [0.25, 0.3) is 0 Å². The molecule has 1 aliphatic heterocycles. The molecule has 0 unspecified atom stereocenters. The summed E-state index contributed by atoms with van der Waals surface area (Å²) in [5.74, 6) is 1.07. The van der Waals surface area contributed by atoms with Crippen molar-refractivity contribution < 1.29 is 13.2 Å². The second-order valence-electron chi connectivity index (χ2n) is 6.51. The van der Waals surface area contributed by atoms with Crippen molar-refractivity contribution in [1.82, 2.24) is 4.90 Å². The SMILES string of the molecule is COc1ccc(N2CCN(CCCS(=O)(=O)c3ccccc3)CC2)cc1. The fourth-order valence-electron chi connectivity index (χ4n) is 3.25. The molecule has 0 spiro atoms. The summed E-state index contributed by atoms with van der Waals surface area (Å²) in [5.41, 5.74) is 1.21. The molecule has 0 radical (unpaired) electrons. The molecule has 1 heterocycles. The molecule has 0 saturated carbocycles. The van der Waals surface area contributed by atoms with E-state index in [4.69, 9.17) is 4.74 Å². The van der Waals surface area contributed by atoms with Crippen LogP contribution in [0.1, 0.15) is 6.42 Å². The monoisotopic (exact) mass is 374 g/mol. The highest BCUT2D eigenvalue weighted by molar-refractivity contribution is 7.91. The first-order valence-electron chi connectivity index (χ1n) is 8.98. The number of nitrogens with zero attached hydrogens (tertiary/aromatic N) is 2. The maximum absolute atomic E-state index is 12.3. The topological polar surface area (TPSA) is 49.9 Å². The lowest BCUT2D eigenvalue weighted by atomic mass is 10.2. The summed E-state index contributed by atoms with van der Waals surface area (Å²) in [7, 11) is -1.50. The van der Waals surface area contributed by atoms with E-state index in [0.29, 0.717) is 11.3 Å². The zero-order valence-corrected chi connectivity index (χ0v) is 16.0. The Morgan fingerprint density at radius 3 is 2.19 bits per heavy atom. The van der Waals surface area contributed by atoms with Gasteiger partial charge in [0.25, 0.3) is 0 Å². The molecule has 0 amide bonds. The normalized spacial score (nSPS) is 15.8. The Morgan fingerprint density at radius 1 is 0.923 bits per heavy atom. The quantitative estimate of drug-likeness (QED) is 0.746. The molecule has 0 atom stereocenters. The van der Waals surface area contributed by atoms with E-state index in [1.807, 2.05) is 18.2 Å². The van der Waals surface area contributed by atoms with Gasteiger partial charge in [0.15, 0.2) is 9.84 Å². The first kappa shape index (κ1) is 18.7. The number of methoxy groups -OCH3 is 1. The number of benzene rings is 2. The summed E-state index contributed by atoms with van der Waals surface area (Å²) >= 11 is 0. The summed E-state index contributed by atoms with van der Waals surface area (Å²) in [5, 5.41) is 0. The third kappa shape index (κ3) is 4.77. The summed E-state index contributed by atoms with van der Waals surface area (Å²) in [6, 6.07) is 16.8. The van der Waals surface area contributed by atoms with E-state index in [1.54, 1.807) is 31.4 Å². The van der Waals surface area contributed by atoms with Crippen molar-refractivity contribution in [2.45, 2.75) is 11.3 Å². The third-order valence-corrected chi connectivity index (χ3v) is 6.62. The molecular formula is C20H26N2O3S. The number of rotatable bonds is 7. The minimum absolute atomic E-state index is 0.204. The van der Waals surface area contributed by atoms with Crippen molar-refractivity contribution in [2.24, 2.45) is 0 Å². The molecule has 1 aliphatic rings. The molecule has 2 aromatic rings.